The van der Waals surface area contributed by atoms with Gasteiger partial charge in [0.2, 0.25) is 0 Å². The van der Waals surface area contributed by atoms with Crippen molar-refractivity contribution in [2.75, 3.05) is 38.2 Å². The lowest BCUT2D eigenvalue weighted by Gasteiger charge is -2.27. The monoisotopic (exact) mass is 292 g/mol. The van der Waals surface area contributed by atoms with Crippen molar-refractivity contribution in [3.63, 3.8) is 0 Å². The Morgan fingerprint density at radius 1 is 1.32 bits per heavy atom. The normalized spacial score (nSPS) is 22.8. The topological polar surface area (TPSA) is 86.7 Å². The van der Waals surface area contributed by atoms with Crippen LogP contribution in [0.1, 0.15) is 26.2 Å². The van der Waals surface area contributed by atoms with Crippen molar-refractivity contribution in [2.24, 2.45) is 0 Å². The lowest BCUT2D eigenvalue weighted by Crippen LogP contribution is -2.47. The van der Waals surface area contributed by atoms with Gasteiger partial charge in [-0.2, -0.15) is 0 Å². The van der Waals surface area contributed by atoms with Gasteiger partial charge in [-0.15, -0.1) is 0 Å². The van der Waals surface area contributed by atoms with E-state index in [1.165, 1.54) is 0 Å². The summed E-state index contributed by atoms with van der Waals surface area (Å²) in [5.74, 6) is -0.341. The lowest BCUT2D eigenvalue weighted by atomic mass is 9.95. The Hall–Kier alpha value is -0.660. The molecule has 1 rings (SSSR count). The molecule has 0 saturated carbocycles. The van der Waals surface area contributed by atoms with Crippen molar-refractivity contribution < 1.29 is 18.3 Å². The van der Waals surface area contributed by atoms with Crippen LogP contribution in [0.2, 0.25) is 0 Å². The van der Waals surface area contributed by atoms with Crippen LogP contribution in [0.5, 0.6) is 0 Å². The first-order chi connectivity index (χ1) is 8.79. The van der Waals surface area contributed by atoms with Gasteiger partial charge in [-0.05, 0) is 39.8 Å². The summed E-state index contributed by atoms with van der Waals surface area (Å²) in [6.45, 7) is 3.73. The summed E-state index contributed by atoms with van der Waals surface area (Å²) < 4.78 is 22.5. The number of carbonyl (C=O) groups is 1. The fourth-order valence-electron chi connectivity index (χ4n) is 2.13. The van der Waals surface area contributed by atoms with Crippen molar-refractivity contribution in [1.82, 2.24) is 10.2 Å². The number of hydrogen-bond donors (Lipinski definition) is 2. The first kappa shape index (κ1) is 16.4. The molecule has 1 saturated heterocycles. The second-order valence-electron chi connectivity index (χ2n) is 5.34. The molecule has 6 nitrogen and oxygen atoms in total. The standard InChI is InChI=1S/C12H24N2O4S/c1-12(13-2,11(15)16)5-3-4-6-14-7-9-19(17,18)10-8-14/h13H,3-10H2,1-2H3,(H,15,16). The SMILES string of the molecule is CNC(C)(CCCCN1CCS(=O)(=O)CC1)C(=O)O. The van der Waals surface area contributed by atoms with Crippen LogP contribution in [0.25, 0.3) is 0 Å². The highest BCUT2D eigenvalue weighted by Gasteiger charge is 2.30. The summed E-state index contributed by atoms with van der Waals surface area (Å²) in [7, 11) is -1.16. The molecule has 112 valence electrons. The number of likely N-dealkylation sites (N-methyl/N-ethyl adjacent to an activating group) is 1. The van der Waals surface area contributed by atoms with Crippen molar-refractivity contribution in [2.45, 2.75) is 31.7 Å². The van der Waals surface area contributed by atoms with E-state index in [0.29, 0.717) is 19.5 Å². The number of rotatable bonds is 7. The van der Waals surface area contributed by atoms with E-state index in [9.17, 15) is 13.2 Å². The summed E-state index contributed by atoms with van der Waals surface area (Å²) >= 11 is 0. The molecule has 0 aromatic rings. The number of carboxylic acid groups (broad SMARTS) is 1. The number of sulfone groups is 1. The molecule has 0 aromatic heterocycles. The predicted molar refractivity (Wildman–Crippen MR) is 74.0 cm³/mol. The van der Waals surface area contributed by atoms with E-state index in [2.05, 4.69) is 10.2 Å². The highest BCUT2D eigenvalue weighted by molar-refractivity contribution is 7.91. The van der Waals surface area contributed by atoms with Gasteiger partial charge in [0.25, 0.3) is 0 Å². The molecule has 1 heterocycles. The molecule has 1 aliphatic rings. The summed E-state index contributed by atoms with van der Waals surface area (Å²) in [4.78, 5) is 13.2. The van der Waals surface area contributed by atoms with E-state index >= 15 is 0 Å². The molecule has 0 bridgehead atoms. The molecule has 1 atom stereocenters. The highest BCUT2D eigenvalue weighted by Crippen LogP contribution is 2.14. The molecule has 1 unspecified atom stereocenters. The first-order valence-electron chi connectivity index (χ1n) is 6.64. The third-order valence-electron chi connectivity index (χ3n) is 3.86. The van der Waals surface area contributed by atoms with Gasteiger partial charge in [0.05, 0.1) is 11.5 Å². The minimum absolute atomic E-state index is 0.246. The molecule has 19 heavy (non-hydrogen) atoms. The quantitative estimate of drug-likeness (QED) is 0.640. The van der Waals surface area contributed by atoms with Gasteiger partial charge in [0.1, 0.15) is 5.54 Å². The Morgan fingerprint density at radius 2 is 1.89 bits per heavy atom. The van der Waals surface area contributed by atoms with Gasteiger partial charge >= 0.3 is 5.97 Å². The van der Waals surface area contributed by atoms with Gasteiger partial charge in [0.15, 0.2) is 9.84 Å². The van der Waals surface area contributed by atoms with Gasteiger partial charge in [-0.3, -0.25) is 4.79 Å². The number of nitrogens with one attached hydrogen (secondary N) is 1. The van der Waals surface area contributed by atoms with E-state index in [-0.39, 0.29) is 11.5 Å². The Balaban J connectivity index is 2.23. The molecule has 0 aliphatic carbocycles. The molecule has 0 radical (unpaired) electrons. The third kappa shape index (κ3) is 5.08. The number of unbranched alkanes of at least 4 members (excludes halogenated alkanes) is 1. The average Bonchev–Trinajstić information content (AvgIpc) is 2.35. The van der Waals surface area contributed by atoms with Gasteiger partial charge in [-0.1, -0.05) is 0 Å². The maximum Gasteiger partial charge on any atom is 0.323 e. The predicted octanol–water partition coefficient (Wildman–Crippen LogP) is -0.0502. The van der Waals surface area contributed by atoms with E-state index in [1.807, 2.05) is 0 Å². The van der Waals surface area contributed by atoms with Crippen LogP contribution in [0, 0.1) is 0 Å². The van der Waals surface area contributed by atoms with Crippen LogP contribution in [0.3, 0.4) is 0 Å². The third-order valence-corrected chi connectivity index (χ3v) is 5.47. The molecular formula is C12H24N2O4S. The van der Waals surface area contributed by atoms with Crippen molar-refractivity contribution in [1.29, 1.82) is 0 Å². The van der Waals surface area contributed by atoms with E-state index in [4.69, 9.17) is 5.11 Å². The maximum atomic E-state index is 11.3. The summed E-state index contributed by atoms with van der Waals surface area (Å²) in [6, 6.07) is 0. The van der Waals surface area contributed by atoms with Crippen molar-refractivity contribution in [3.8, 4) is 0 Å². The van der Waals surface area contributed by atoms with E-state index < -0.39 is 21.3 Å². The average molecular weight is 292 g/mol. The smallest absolute Gasteiger partial charge is 0.323 e. The first-order valence-corrected chi connectivity index (χ1v) is 8.46. The van der Waals surface area contributed by atoms with Crippen LogP contribution in [0.15, 0.2) is 0 Å². The Bertz CT molecular complexity index is 396. The molecule has 0 spiro atoms. The molecule has 0 amide bonds. The molecule has 1 aliphatic heterocycles. The largest absolute Gasteiger partial charge is 0.480 e. The summed E-state index contributed by atoms with van der Waals surface area (Å²) in [6.07, 6.45) is 2.28. The summed E-state index contributed by atoms with van der Waals surface area (Å²) in [5, 5.41) is 11.9. The Morgan fingerprint density at radius 3 is 2.37 bits per heavy atom. The van der Waals surface area contributed by atoms with Crippen molar-refractivity contribution >= 4 is 15.8 Å². The zero-order chi connectivity index (χ0) is 14.5. The van der Waals surface area contributed by atoms with Gasteiger partial charge in [0, 0.05) is 13.1 Å². The number of nitrogens with zero attached hydrogens (tertiary/aromatic N) is 1. The molecule has 2 N–H and O–H groups in total. The van der Waals surface area contributed by atoms with Crippen molar-refractivity contribution in [3.05, 3.63) is 0 Å². The number of carboxylic acids is 1. The summed E-state index contributed by atoms with van der Waals surface area (Å²) in [5.41, 5.74) is -0.870. The Labute approximate surface area is 115 Å². The zero-order valence-electron chi connectivity index (χ0n) is 11.7. The molecule has 0 aromatic carbocycles. The number of hydrogen-bond acceptors (Lipinski definition) is 5. The lowest BCUT2D eigenvalue weighted by molar-refractivity contribution is -0.144. The van der Waals surface area contributed by atoms with Crippen LogP contribution >= 0.6 is 0 Å². The minimum atomic E-state index is -2.81. The van der Waals surface area contributed by atoms with Crippen LogP contribution in [-0.4, -0.2) is 68.1 Å². The Kier molecular flexibility index (Phi) is 5.76. The van der Waals surface area contributed by atoms with Crippen LogP contribution < -0.4 is 5.32 Å². The number of aliphatic carboxylic acids is 1. The van der Waals surface area contributed by atoms with Crippen LogP contribution in [-0.2, 0) is 14.6 Å². The molecular weight excluding hydrogens is 268 g/mol. The van der Waals surface area contributed by atoms with Gasteiger partial charge < -0.3 is 15.3 Å². The molecule has 7 heteroatoms. The minimum Gasteiger partial charge on any atom is -0.480 e. The van der Waals surface area contributed by atoms with E-state index in [1.54, 1.807) is 14.0 Å². The second kappa shape index (κ2) is 6.67. The molecule has 1 fully saturated rings. The zero-order valence-corrected chi connectivity index (χ0v) is 12.5. The van der Waals surface area contributed by atoms with Crippen LogP contribution in [0.4, 0.5) is 0 Å². The second-order valence-corrected chi connectivity index (χ2v) is 7.64. The van der Waals surface area contributed by atoms with E-state index in [0.717, 1.165) is 19.4 Å². The highest BCUT2D eigenvalue weighted by atomic mass is 32.2. The fourth-order valence-corrected chi connectivity index (χ4v) is 3.40. The van der Waals surface area contributed by atoms with Gasteiger partial charge in [-0.25, -0.2) is 8.42 Å². The fraction of sp³-hybridized carbons (Fsp3) is 0.917. The maximum absolute atomic E-state index is 11.3.